The maximum absolute atomic E-state index is 15.0. The van der Waals surface area contributed by atoms with Crippen LogP contribution in [0.3, 0.4) is 0 Å². The molecule has 1 amide bonds. The fourth-order valence-corrected chi connectivity index (χ4v) is 7.64. The third-order valence-corrected chi connectivity index (χ3v) is 11.0. The van der Waals surface area contributed by atoms with Crippen molar-refractivity contribution in [2.45, 2.75) is 63.6 Å². The second kappa shape index (κ2) is 13.2. The quantitative estimate of drug-likeness (QED) is 0.244. The molecule has 1 saturated carbocycles. The number of likely N-dealkylation sites (tertiary alicyclic amines) is 1. The molecular weight excluding hydrogens is 631 g/mol. The van der Waals surface area contributed by atoms with Gasteiger partial charge in [0, 0.05) is 61.2 Å². The molecule has 1 N–H and O–H groups in total. The fraction of sp³-hybridized carbons (Fsp3) is 0.474. The largest absolute Gasteiger partial charge is 0.485 e. The van der Waals surface area contributed by atoms with Crippen LogP contribution in [0.2, 0.25) is 5.02 Å². The predicted molar refractivity (Wildman–Crippen MR) is 186 cm³/mol. The normalized spacial score (nSPS) is 22.5. The van der Waals surface area contributed by atoms with Crippen LogP contribution in [-0.2, 0) is 10.4 Å². The number of ketones is 1. The van der Waals surface area contributed by atoms with Gasteiger partial charge in [0.15, 0.2) is 22.9 Å². The summed E-state index contributed by atoms with van der Waals surface area (Å²) < 4.78 is 27.8. The van der Waals surface area contributed by atoms with Gasteiger partial charge in [0.2, 0.25) is 5.91 Å². The first-order chi connectivity index (χ1) is 23.1. The number of likely N-dealkylation sites (N-methyl/N-ethyl adjacent to an activating group) is 1. The number of para-hydroxylation sites is 1. The fourth-order valence-electron chi connectivity index (χ4n) is 7.48. The number of anilines is 2. The van der Waals surface area contributed by atoms with E-state index < -0.39 is 11.4 Å². The summed E-state index contributed by atoms with van der Waals surface area (Å²) in [6.07, 6.45) is 4.98. The number of piperidine rings is 1. The van der Waals surface area contributed by atoms with Crippen molar-refractivity contribution >= 4 is 34.7 Å². The van der Waals surface area contributed by atoms with E-state index in [1.807, 2.05) is 44.3 Å². The van der Waals surface area contributed by atoms with Crippen molar-refractivity contribution in [1.29, 1.82) is 0 Å². The van der Waals surface area contributed by atoms with E-state index in [0.29, 0.717) is 35.2 Å². The Bertz CT molecular complexity index is 1710. The van der Waals surface area contributed by atoms with Crippen molar-refractivity contribution in [3.63, 3.8) is 0 Å². The van der Waals surface area contributed by atoms with Crippen LogP contribution in [0.25, 0.3) is 0 Å². The minimum atomic E-state index is -0.982. The molecule has 254 valence electrons. The van der Waals surface area contributed by atoms with Crippen LogP contribution in [0.4, 0.5) is 15.8 Å². The summed E-state index contributed by atoms with van der Waals surface area (Å²) in [7, 11) is 1.83. The zero-order chi connectivity index (χ0) is 33.6. The lowest BCUT2D eigenvalue weighted by Crippen LogP contribution is -2.49. The summed E-state index contributed by atoms with van der Waals surface area (Å²) in [6, 6.07) is 16.8. The van der Waals surface area contributed by atoms with Gasteiger partial charge in [-0.05, 0) is 88.0 Å². The molecule has 3 aromatic rings. The molecule has 0 bridgehead atoms. The van der Waals surface area contributed by atoms with Gasteiger partial charge in [0.25, 0.3) is 0 Å². The highest BCUT2D eigenvalue weighted by molar-refractivity contribution is 6.30. The maximum Gasteiger partial charge on any atom is 0.219 e. The van der Waals surface area contributed by atoms with Gasteiger partial charge < -0.3 is 24.6 Å². The van der Waals surface area contributed by atoms with Crippen LogP contribution in [0.1, 0.15) is 73.4 Å². The van der Waals surface area contributed by atoms with Gasteiger partial charge in [0.1, 0.15) is 18.6 Å². The average molecular weight is 675 g/mol. The van der Waals surface area contributed by atoms with Crippen molar-refractivity contribution in [2.24, 2.45) is 5.92 Å². The lowest BCUT2D eigenvalue weighted by Gasteiger charge is -2.40. The zero-order valence-electron chi connectivity index (χ0n) is 27.9. The smallest absolute Gasteiger partial charge is 0.219 e. The number of nitrogens with one attached hydrogen (secondary N) is 1. The number of fused-ring (bicyclic) bond motifs is 2. The van der Waals surface area contributed by atoms with E-state index in [2.05, 4.69) is 21.2 Å². The van der Waals surface area contributed by atoms with Gasteiger partial charge in [-0.1, -0.05) is 36.2 Å². The number of hydrogen-bond acceptors (Lipinski definition) is 7. The minimum absolute atomic E-state index is 0.0159. The van der Waals surface area contributed by atoms with Gasteiger partial charge in [-0.15, -0.1) is 0 Å². The first-order valence-electron chi connectivity index (χ1n) is 17.2. The van der Waals surface area contributed by atoms with Crippen LogP contribution < -0.4 is 19.7 Å². The van der Waals surface area contributed by atoms with E-state index in [0.717, 1.165) is 74.2 Å². The first-order valence-corrected chi connectivity index (χ1v) is 17.5. The van der Waals surface area contributed by atoms with Crippen molar-refractivity contribution in [3.05, 3.63) is 82.1 Å². The molecule has 8 nitrogen and oxygen atoms in total. The number of carbonyl (C=O) groups is 2. The Kier molecular flexibility index (Phi) is 9.02. The highest BCUT2D eigenvalue weighted by Gasteiger charge is 2.40. The highest BCUT2D eigenvalue weighted by atomic mass is 35.5. The second-order valence-electron chi connectivity index (χ2n) is 14.0. The minimum Gasteiger partial charge on any atom is -0.485 e. The van der Waals surface area contributed by atoms with Gasteiger partial charge >= 0.3 is 0 Å². The Morgan fingerprint density at radius 2 is 1.88 bits per heavy atom. The summed E-state index contributed by atoms with van der Waals surface area (Å²) in [5.41, 5.74) is 3.37. The van der Waals surface area contributed by atoms with E-state index in [1.54, 1.807) is 24.0 Å². The molecule has 2 fully saturated rings. The van der Waals surface area contributed by atoms with E-state index in [-0.39, 0.29) is 36.3 Å². The topological polar surface area (TPSA) is 74.4 Å². The van der Waals surface area contributed by atoms with E-state index >= 15 is 0 Å². The Labute approximate surface area is 287 Å². The van der Waals surface area contributed by atoms with E-state index in [4.69, 9.17) is 21.1 Å². The third-order valence-electron chi connectivity index (χ3n) is 10.8. The van der Waals surface area contributed by atoms with Crippen molar-refractivity contribution in [3.8, 4) is 11.5 Å². The Morgan fingerprint density at radius 1 is 1.08 bits per heavy atom. The molecule has 3 heterocycles. The number of carbonyl (C=O) groups excluding carboxylic acids is 2. The highest BCUT2D eigenvalue weighted by Crippen LogP contribution is 2.47. The van der Waals surface area contributed by atoms with Crippen molar-refractivity contribution < 1.29 is 23.5 Å². The van der Waals surface area contributed by atoms with Crippen molar-refractivity contribution in [2.75, 3.05) is 56.6 Å². The Balaban J connectivity index is 1.04. The van der Waals surface area contributed by atoms with Gasteiger partial charge in [0.05, 0.1) is 11.4 Å². The molecule has 1 saturated heterocycles. The Morgan fingerprint density at radius 3 is 2.58 bits per heavy atom. The number of benzene rings is 3. The lowest BCUT2D eigenvalue weighted by molar-refractivity contribution is -0.127. The summed E-state index contributed by atoms with van der Waals surface area (Å²) in [6.45, 7) is 7.52. The molecule has 48 heavy (non-hydrogen) atoms. The van der Waals surface area contributed by atoms with Crippen LogP contribution in [-0.4, -0.2) is 74.0 Å². The molecule has 3 aromatic carbocycles. The molecule has 7 rings (SSSR count). The molecule has 1 aliphatic carbocycles. The monoisotopic (exact) mass is 674 g/mol. The zero-order valence-corrected chi connectivity index (χ0v) is 28.7. The SMILES string of the molecule is CC(=O)N(C)CCN1c2cc(C(=O)C3CCC3)ccc2NC1CN1CCC(c2cccc3c2OC(C)(c2ccc(Cl)cc2F)CO3)CC1. The number of Topliss-reactive ketones (excluding diaryl/α,β-unsaturated/α-hetero) is 1. The van der Waals surface area contributed by atoms with E-state index in [9.17, 15) is 14.0 Å². The number of nitrogens with zero attached hydrogens (tertiary/aromatic N) is 3. The number of amides is 1. The summed E-state index contributed by atoms with van der Waals surface area (Å²) in [4.78, 5) is 31.7. The summed E-state index contributed by atoms with van der Waals surface area (Å²) in [5.74, 6) is 1.67. The van der Waals surface area contributed by atoms with Crippen LogP contribution in [0.5, 0.6) is 11.5 Å². The number of halogens is 2. The molecular formula is C38H44ClFN4O4. The molecule has 10 heteroatoms. The number of rotatable bonds is 9. The number of ether oxygens (including phenoxy) is 2. The maximum atomic E-state index is 15.0. The van der Waals surface area contributed by atoms with E-state index in [1.165, 1.54) is 6.07 Å². The Hall–Kier alpha value is -3.82. The molecule has 2 atom stereocenters. The average Bonchev–Trinajstić information content (AvgIpc) is 3.38. The van der Waals surface area contributed by atoms with Crippen molar-refractivity contribution in [1.82, 2.24) is 9.80 Å². The molecule has 0 radical (unpaired) electrons. The van der Waals surface area contributed by atoms with Gasteiger partial charge in [-0.2, -0.15) is 0 Å². The molecule has 0 spiro atoms. The third kappa shape index (κ3) is 6.34. The standard InChI is InChI=1S/C38H44ClFN4O4/c1-24(45)42(3)18-19-44-33-20-27(36(46)26-6-4-7-26)10-13-32(33)41-35(44)22-43-16-14-25(15-17-43)29-8-5-9-34-37(29)48-38(2,23-47-34)30-12-11-28(39)21-31(30)40/h5,8-13,20-21,25-26,35,41H,4,6-7,14-19,22-23H2,1-3H3. The molecule has 0 aromatic heterocycles. The summed E-state index contributed by atoms with van der Waals surface area (Å²) >= 11 is 6.03. The predicted octanol–water partition coefficient (Wildman–Crippen LogP) is 7.06. The van der Waals surface area contributed by atoms with Crippen LogP contribution in [0, 0.1) is 11.7 Å². The van der Waals surface area contributed by atoms with Crippen LogP contribution >= 0.6 is 11.6 Å². The molecule has 2 unspecified atom stereocenters. The van der Waals surface area contributed by atoms with Gasteiger partial charge in [-0.25, -0.2) is 4.39 Å². The lowest BCUT2D eigenvalue weighted by atomic mass is 9.80. The first kappa shape index (κ1) is 32.7. The number of hydrogen-bond donors (Lipinski definition) is 1. The molecule has 4 aliphatic rings. The molecule has 3 aliphatic heterocycles. The second-order valence-corrected chi connectivity index (χ2v) is 14.4. The van der Waals surface area contributed by atoms with Gasteiger partial charge in [-0.3, -0.25) is 14.5 Å². The summed E-state index contributed by atoms with van der Waals surface area (Å²) in [5, 5.41) is 4.06. The van der Waals surface area contributed by atoms with Crippen LogP contribution in [0.15, 0.2) is 54.6 Å².